The van der Waals surface area contributed by atoms with Gasteiger partial charge in [-0.15, -0.1) is 0 Å². The summed E-state index contributed by atoms with van der Waals surface area (Å²) in [4.78, 5) is 32.3. The van der Waals surface area contributed by atoms with E-state index in [1.165, 1.54) is 4.57 Å². The normalized spacial score (nSPS) is 11.6. The van der Waals surface area contributed by atoms with E-state index >= 15 is 0 Å². The first-order valence-electron chi connectivity index (χ1n) is 6.37. The van der Waals surface area contributed by atoms with Gasteiger partial charge in [0.25, 0.3) is 5.56 Å². The maximum absolute atomic E-state index is 11.9. The van der Waals surface area contributed by atoms with Crippen LogP contribution in [0.1, 0.15) is 13.3 Å². The number of aromatic nitrogens is 4. The highest BCUT2D eigenvalue weighted by Gasteiger charge is 2.12. The van der Waals surface area contributed by atoms with Gasteiger partial charge in [-0.1, -0.05) is 6.92 Å². The third kappa shape index (κ3) is 2.60. The summed E-state index contributed by atoms with van der Waals surface area (Å²) in [5.41, 5.74) is 0.171. The van der Waals surface area contributed by atoms with Crippen LogP contribution in [-0.2, 0) is 13.1 Å². The number of hydrogen-bond donors (Lipinski definition) is 1. The van der Waals surface area contributed by atoms with Crippen molar-refractivity contribution < 1.29 is 0 Å². The number of aryl methyl sites for hydroxylation is 1. The molecule has 2 rings (SSSR count). The Labute approximate surface area is 110 Å². The highest BCUT2D eigenvalue weighted by molar-refractivity contribution is 5.69. The van der Waals surface area contributed by atoms with Gasteiger partial charge in [0.15, 0.2) is 11.2 Å². The van der Waals surface area contributed by atoms with Crippen LogP contribution >= 0.6 is 0 Å². The van der Waals surface area contributed by atoms with Crippen molar-refractivity contribution in [3.8, 4) is 0 Å². The zero-order valence-corrected chi connectivity index (χ0v) is 11.5. The Hall–Kier alpha value is -1.89. The second-order valence-corrected chi connectivity index (χ2v) is 4.82. The summed E-state index contributed by atoms with van der Waals surface area (Å²) in [5.74, 6) is 0. The lowest BCUT2D eigenvalue weighted by Gasteiger charge is -2.10. The van der Waals surface area contributed by atoms with Crippen molar-refractivity contribution in [2.45, 2.75) is 26.4 Å². The number of nitrogens with zero attached hydrogens (tertiary/aromatic N) is 4. The van der Waals surface area contributed by atoms with Gasteiger partial charge >= 0.3 is 5.69 Å². The van der Waals surface area contributed by atoms with Crippen LogP contribution in [0.15, 0.2) is 15.9 Å². The molecule has 2 aromatic heterocycles. The van der Waals surface area contributed by atoms with Crippen LogP contribution < -0.4 is 11.2 Å². The maximum atomic E-state index is 11.9. The number of nitrogens with one attached hydrogen (secondary N) is 1. The third-order valence-electron chi connectivity index (χ3n) is 2.99. The number of hydrogen-bond acceptors (Lipinski definition) is 4. The number of imidazole rings is 1. The third-order valence-corrected chi connectivity index (χ3v) is 2.99. The van der Waals surface area contributed by atoms with E-state index in [0.29, 0.717) is 24.3 Å². The molecule has 0 aliphatic carbocycles. The van der Waals surface area contributed by atoms with E-state index in [0.717, 1.165) is 13.0 Å². The summed E-state index contributed by atoms with van der Waals surface area (Å²) in [6.07, 6.45) is 2.43. The van der Waals surface area contributed by atoms with Crippen LogP contribution in [0.4, 0.5) is 0 Å². The molecule has 0 atom stereocenters. The van der Waals surface area contributed by atoms with Crippen LogP contribution in [0, 0.1) is 0 Å². The Kier molecular flexibility index (Phi) is 3.84. The lowest BCUT2D eigenvalue weighted by atomic mass is 10.4. The molecule has 0 unspecified atom stereocenters. The van der Waals surface area contributed by atoms with Crippen molar-refractivity contribution >= 4 is 11.2 Å². The van der Waals surface area contributed by atoms with Gasteiger partial charge in [-0.2, -0.15) is 0 Å². The van der Waals surface area contributed by atoms with E-state index in [-0.39, 0.29) is 5.56 Å². The maximum Gasteiger partial charge on any atom is 0.330 e. The average molecular weight is 265 g/mol. The second kappa shape index (κ2) is 5.40. The Morgan fingerprint density at radius 2 is 2.05 bits per heavy atom. The summed E-state index contributed by atoms with van der Waals surface area (Å²) in [7, 11) is 3.94. The molecular weight excluding hydrogens is 246 g/mol. The van der Waals surface area contributed by atoms with Gasteiger partial charge in [-0.3, -0.25) is 14.3 Å². The minimum Gasteiger partial charge on any atom is -0.323 e. The highest BCUT2D eigenvalue weighted by atomic mass is 16.2. The second-order valence-electron chi connectivity index (χ2n) is 4.82. The van der Waals surface area contributed by atoms with Gasteiger partial charge in [-0.25, -0.2) is 9.78 Å². The first kappa shape index (κ1) is 13.5. The van der Waals surface area contributed by atoms with E-state index in [1.54, 1.807) is 10.9 Å². The standard InChI is InChI=1S/C12H19N5O2/c1-4-5-17-10-9(11(18)14-12(17)19)16(8-13-10)7-6-15(2)3/h8H,4-7H2,1-3H3,(H,14,18,19). The molecule has 0 aliphatic rings. The molecule has 0 saturated heterocycles. The molecule has 0 saturated carbocycles. The van der Waals surface area contributed by atoms with Crippen LogP contribution in [-0.4, -0.2) is 44.6 Å². The predicted octanol–water partition coefficient (Wildman–Crippen LogP) is -0.142. The van der Waals surface area contributed by atoms with Gasteiger partial charge in [0.1, 0.15) is 0 Å². The van der Waals surface area contributed by atoms with E-state index < -0.39 is 5.69 Å². The van der Waals surface area contributed by atoms with E-state index in [9.17, 15) is 9.59 Å². The molecule has 0 spiro atoms. The Morgan fingerprint density at radius 3 is 2.68 bits per heavy atom. The molecule has 2 heterocycles. The molecule has 104 valence electrons. The molecule has 7 heteroatoms. The predicted molar refractivity (Wildman–Crippen MR) is 73.5 cm³/mol. The number of H-pyrrole nitrogens is 1. The van der Waals surface area contributed by atoms with E-state index in [1.807, 2.05) is 25.9 Å². The molecule has 0 radical (unpaired) electrons. The van der Waals surface area contributed by atoms with Crippen LogP contribution in [0.25, 0.3) is 11.2 Å². The molecule has 0 aromatic carbocycles. The summed E-state index contributed by atoms with van der Waals surface area (Å²) in [6, 6.07) is 0. The van der Waals surface area contributed by atoms with E-state index in [4.69, 9.17) is 0 Å². The van der Waals surface area contributed by atoms with Crippen molar-refractivity contribution in [3.05, 3.63) is 27.2 Å². The molecule has 1 N–H and O–H groups in total. The molecular formula is C12H19N5O2. The zero-order chi connectivity index (χ0) is 14.0. The van der Waals surface area contributed by atoms with Gasteiger partial charge in [0, 0.05) is 19.6 Å². The fourth-order valence-electron chi connectivity index (χ4n) is 2.03. The van der Waals surface area contributed by atoms with Gasteiger partial charge in [-0.05, 0) is 20.5 Å². The SMILES string of the molecule is CCCn1c(=O)[nH]c(=O)c2c1ncn2CCN(C)C. The quantitative estimate of drug-likeness (QED) is 0.816. The fraction of sp³-hybridized carbons (Fsp3) is 0.583. The number of fused-ring (bicyclic) bond motifs is 1. The monoisotopic (exact) mass is 265 g/mol. The molecule has 0 bridgehead atoms. The molecule has 19 heavy (non-hydrogen) atoms. The minimum atomic E-state index is -0.391. The Morgan fingerprint density at radius 1 is 1.32 bits per heavy atom. The van der Waals surface area contributed by atoms with Crippen LogP contribution in [0.2, 0.25) is 0 Å². The molecule has 2 aromatic rings. The van der Waals surface area contributed by atoms with Crippen molar-refractivity contribution in [2.24, 2.45) is 0 Å². The largest absolute Gasteiger partial charge is 0.330 e. The highest BCUT2D eigenvalue weighted by Crippen LogP contribution is 2.06. The Balaban J connectivity index is 2.56. The van der Waals surface area contributed by atoms with Crippen LogP contribution in [0.5, 0.6) is 0 Å². The fourth-order valence-corrected chi connectivity index (χ4v) is 2.03. The summed E-state index contributed by atoms with van der Waals surface area (Å²) < 4.78 is 3.31. The average Bonchev–Trinajstić information content (AvgIpc) is 2.76. The first-order chi connectivity index (χ1) is 9.04. The van der Waals surface area contributed by atoms with Crippen molar-refractivity contribution in [2.75, 3.05) is 20.6 Å². The lowest BCUT2D eigenvalue weighted by Crippen LogP contribution is -2.31. The van der Waals surface area contributed by atoms with Gasteiger partial charge in [0.2, 0.25) is 0 Å². The number of rotatable bonds is 5. The summed E-state index contributed by atoms with van der Waals surface area (Å²) in [6.45, 7) is 4.00. The Bertz CT molecular complexity index is 679. The number of likely N-dealkylation sites (N-methyl/N-ethyl adjacent to an activating group) is 1. The molecule has 0 aliphatic heterocycles. The van der Waals surface area contributed by atoms with Crippen LogP contribution in [0.3, 0.4) is 0 Å². The summed E-state index contributed by atoms with van der Waals surface area (Å²) in [5, 5.41) is 0. The lowest BCUT2D eigenvalue weighted by molar-refractivity contribution is 0.386. The number of aromatic amines is 1. The van der Waals surface area contributed by atoms with E-state index in [2.05, 4.69) is 9.97 Å². The van der Waals surface area contributed by atoms with Gasteiger partial charge < -0.3 is 9.47 Å². The van der Waals surface area contributed by atoms with Gasteiger partial charge in [0.05, 0.1) is 6.33 Å². The molecule has 7 nitrogen and oxygen atoms in total. The van der Waals surface area contributed by atoms with Crippen molar-refractivity contribution in [1.29, 1.82) is 0 Å². The van der Waals surface area contributed by atoms with Crippen molar-refractivity contribution in [3.63, 3.8) is 0 Å². The van der Waals surface area contributed by atoms with Crippen molar-refractivity contribution in [1.82, 2.24) is 24.0 Å². The zero-order valence-electron chi connectivity index (χ0n) is 11.5. The minimum absolute atomic E-state index is 0.372. The first-order valence-corrected chi connectivity index (χ1v) is 6.37. The molecule has 0 fully saturated rings. The summed E-state index contributed by atoms with van der Waals surface area (Å²) >= 11 is 0. The smallest absolute Gasteiger partial charge is 0.323 e. The topological polar surface area (TPSA) is 75.9 Å². The molecule has 0 amide bonds.